The van der Waals surface area contributed by atoms with Crippen LogP contribution in [0, 0.1) is 5.92 Å². The summed E-state index contributed by atoms with van der Waals surface area (Å²) in [4.78, 5) is 10.3. The summed E-state index contributed by atoms with van der Waals surface area (Å²) in [6.45, 7) is 0. The minimum atomic E-state index is -0.747. The average molecular weight is 144 g/mol. The summed E-state index contributed by atoms with van der Waals surface area (Å²) in [6, 6.07) is 0. The fraction of sp³-hybridized carbons (Fsp3) is 0.500. The van der Waals surface area contributed by atoms with E-state index in [1.54, 1.807) is 6.08 Å². The summed E-state index contributed by atoms with van der Waals surface area (Å²) >= 11 is 4.10. The normalized spacial score (nSPS) is 33.0. The van der Waals surface area contributed by atoms with Crippen molar-refractivity contribution in [2.24, 2.45) is 5.92 Å². The van der Waals surface area contributed by atoms with Crippen LogP contribution >= 0.6 is 12.6 Å². The van der Waals surface area contributed by atoms with Crippen molar-refractivity contribution in [3.63, 3.8) is 0 Å². The van der Waals surface area contributed by atoms with Gasteiger partial charge < -0.3 is 5.11 Å². The fourth-order valence-corrected chi connectivity index (χ4v) is 1.19. The molecule has 0 heterocycles. The molecule has 0 spiro atoms. The Morgan fingerprint density at radius 3 is 2.56 bits per heavy atom. The molecule has 1 rings (SSSR count). The smallest absolute Gasteiger partial charge is 0.310 e. The summed E-state index contributed by atoms with van der Waals surface area (Å²) < 4.78 is 0. The Hall–Kier alpha value is -0.440. The lowest BCUT2D eigenvalue weighted by molar-refractivity contribution is -0.139. The topological polar surface area (TPSA) is 37.3 Å². The van der Waals surface area contributed by atoms with Gasteiger partial charge in [-0.25, -0.2) is 0 Å². The first-order chi connectivity index (χ1) is 4.20. The Labute approximate surface area is 59.0 Å². The zero-order valence-corrected chi connectivity index (χ0v) is 5.71. The first kappa shape index (κ1) is 6.68. The lowest BCUT2D eigenvalue weighted by Gasteiger charge is -1.99. The zero-order chi connectivity index (χ0) is 6.85. The van der Waals surface area contributed by atoms with E-state index in [1.807, 2.05) is 6.08 Å². The van der Waals surface area contributed by atoms with Gasteiger partial charge in [0.1, 0.15) is 0 Å². The van der Waals surface area contributed by atoms with Gasteiger partial charge in [-0.3, -0.25) is 4.79 Å². The van der Waals surface area contributed by atoms with Crippen molar-refractivity contribution < 1.29 is 9.90 Å². The molecule has 1 aliphatic carbocycles. The molecule has 0 aromatic rings. The van der Waals surface area contributed by atoms with Gasteiger partial charge in [-0.1, -0.05) is 12.2 Å². The monoisotopic (exact) mass is 144 g/mol. The summed E-state index contributed by atoms with van der Waals surface area (Å²) in [5.41, 5.74) is 0. The third-order valence-corrected chi connectivity index (χ3v) is 1.76. The number of carboxylic acids is 1. The highest BCUT2D eigenvalue weighted by Gasteiger charge is 2.21. The Bertz CT molecular complexity index is 153. The molecule has 0 aromatic heterocycles. The van der Waals surface area contributed by atoms with Gasteiger partial charge >= 0.3 is 5.97 Å². The van der Waals surface area contributed by atoms with Crippen molar-refractivity contribution in [3.05, 3.63) is 12.2 Å². The fourth-order valence-electron chi connectivity index (χ4n) is 0.863. The molecule has 0 radical (unpaired) electrons. The number of aliphatic carboxylic acids is 1. The standard InChI is InChI=1S/C6H8O2S/c7-6(8)4-1-2-5(9)3-4/h1-2,4-5,9H,3H2,(H,7,8). The second-order valence-corrected chi connectivity index (χ2v) is 2.80. The van der Waals surface area contributed by atoms with Crippen molar-refractivity contribution in [3.8, 4) is 0 Å². The highest BCUT2D eigenvalue weighted by Crippen LogP contribution is 2.21. The molecule has 0 saturated carbocycles. The van der Waals surface area contributed by atoms with Gasteiger partial charge in [0.15, 0.2) is 0 Å². The SMILES string of the molecule is O=C(O)C1C=CC(S)C1. The molecule has 0 amide bonds. The first-order valence-electron chi connectivity index (χ1n) is 2.79. The first-order valence-corrected chi connectivity index (χ1v) is 3.31. The van der Waals surface area contributed by atoms with Crippen molar-refractivity contribution in [2.75, 3.05) is 0 Å². The molecule has 1 N–H and O–H groups in total. The van der Waals surface area contributed by atoms with Gasteiger partial charge in [0.2, 0.25) is 0 Å². The van der Waals surface area contributed by atoms with Crippen LogP contribution in [0.2, 0.25) is 0 Å². The maximum absolute atomic E-state index is 10.3. The van der Waals surface area contributed by atoms with Gasteiger partial charge in [0.05, 0.1) is 5.92 Å². The van der Waals surface area contributed by atoms with Crippen LogP contribution in [-0.4, -0.2) is 16.3 Å². The van der Waals surface area contributed by atoms with E-state index in [1.165, 1.54) is 0 Å². The van der Waals surface area contributed by atoms with Gasteiger partial charge in [-0.2, -0.15) is 12.6 Å². The van der Waals surface area contributed by atoms with E-state index in [4.69, 9.17) is 5.11 Å². The third-order valence-electron chi connectivity index (χ3n) is 1.38. The Morgan fingerprint density at radius 1 is 1.67 bits per heavy atom. The molecule has 9 heavy (non-hydrogen) atoms. The Kier molecular flexibility index (Phi) is 1.81. The summed E-state index contributed by atoms with van der Waals surface area (Å²) in [5.74, 6) is -1.05. The van der Waals surface area contributed by atoms with Crippen LogP contribution in [0.3, 0.4) is 0 Å². The second-order valence-electron chi connectivity index (χ2n) is 2.13. The minimum absolute atomic E-state index is 0.145. The van der Waals surface area contributed by atoms with Gasteiger partial charge in [0, 0.05) is 5.25 Å². The van der Waals surface area contributed by atoms with Gasteiger partial charge in [-0.05, 0) is 6.42 Å². The van der Waals surface area contributed by atoms with E-state index in [0.717, 1.165) is 0 Å². The Balaban J connectivity index is 2.50. The number of hydrogen-bond acceptors (Lipinski definition) is 2. The van der Waals surface area contributed by atoms with Gasteiger partial charge in [0.25, 0.3) is 0 Å². The largest absolute Gasteiger partial charge is 0.481 e. The molecule has 0 aliphatic heterocycles. The molecule has 2 unspecified atom stereocenters. The van der Waals surface area contributed by atoms with Crippen LogP contribution in [0.15, 0.2) is 12.2 Å². The van der Waals surface area contributed by atoms with E-state index in [0.29, 0.717) is 6.42 Å². The predicted molar refractivity (Wildman–Crippen MR) is 37.7 cm³/mol. The molecule has 0 fully saturated rings. The van der Waals surface area contributed by atoms with Crippen LogP contribution in [0.5, 0.6) is 0 Å². The maximum atomic E-state index is 10.3. The molecule has 3 heteroatoms. The summed E-state index contributed by atoms with van der Waals surface area (Å²) in [5, 5.41) is 8.59. The van der Waals surface area contributed by atoms with Crippen LogP contribution < -0.4 is 0 Å². The quantitative estimate of drug-likeness (QED) is 0.424. The molecule has 0 saturated heterocycles. The Morgan fingerprint density at radius 2 is 2.33 bits per heavy atom. The predicted octanol–water partition coefficient (Wildman–Crippen LogP) is 0.946. The number of rotatable bonds is 1. The average Bonchev–Trinajstić information content (AvgIpc) is 2.14. The molecular formula is C6H8O2S. The second kappa shape index (κ2) is 2.43. The van der Waals surface area contributed by atoms with Gasteiger partial charge in [-0.15, -0.1) is 0 Å². The van der Waals surface area contributed by atoms with E-state index in [2.05, 4.69) is 12.6 Å². The number of carbonyl (C=O) groups is 1. The van der Waals surface area contributed by atoms with Crippen molar-refractivity contribution in [1.82, 2.24) is 0 Å². The zero-order valence-electron chi connectivity index (χ0n) is 4.82. The van der Waals surface area contributed by atoms with Crippen molar-refractivity contribution in [1.29, 1.82) is 0 Å². The molecule has 2 nitrogen and oxygen atoms in total. The van der Waals surface area contributed by atoms with E-state index in [9.17, 15) is 4.79 Å². The number of thiol groups is 1. The van der Waals surface area contributed by atoms with Crippen LogP contribution in [-0.2, 0) is 4.79 Å². The summed E-state index contributed by atoms with van der Waals surface area (Å²) in [6.07, 6.45) is 4.15. The number of hydrogen-bond donors (Lipinski definition) is 2. The molecule has 0 aromatic carbocycles. The minimum Gasteiger partial charge on any atom is -0.481 e. The van der Waals surface area contributed by atoms with Crippen LogP contribution in [0.25, 0.3) is 0 Å². The molecule has 2 atom stereocenters. The summed E-state index contributed by atoms with van der Waals surface area (Å²) in [7, 11) is 0. The van der Waals surface area contributed by atoms with Crippen molar-refractivity contribution in [2.45, 2.75) is 11.7 Å². The lowest BCUT2D eigenvalue weighted by Crippen LogP contribution is -2.09. The van der Waals surface area contributed by atoms with E-state index >= 15 is 0 Å². The lowest BCUT2D eigenvalue weighted by atomic mass is 10.1. The molecule has 50 valence electrons. The molecule has 1 aliphatic rings. The van der Waals surface area contributed by atoms with E-state index in [-0.39, 0.29) is 11.2 Å². The third kappa shape index (κ3) is 1.48. The highest BCUT2D eigenvalue weighted by molar-refractivity contribution is 7.81. The van der Waals surface area contributed by atoms with Crippen LogP contribution in [0.4, 0.5) is 0 Å². The maximum Gasteiger partial charge on any atom is 0.310 e. The van der Waals surface area contributed by atoms with Crippen LogP contribution in [0.1, 0.15) is 6.42 Å². The number of carboxylic acid groups (broad SMARTS) is 1. The van der Waals surface area contributed by atoms with E-state index < -0.39 is 5.97 Å². The molecular weight excluding hydrogens is 136 g/mol. The molecule has 0 bridgehead atoms. The highest BCUT2D eigenvalue weighted by atomic mass is 32.1. The van der Waals surface area contributed by atoms with Crippen molar-refractivity contribution >= 4 is 18.6 Å².